The number of aromatic nitrogens is 1. The third-order valence-electron chi connectivity index (χ3n) is 4.46. The lowest BCUT2D eigenvalue weighted by atomic mass is 10.2. The minimum Gasteiger partial charge on any atom is -0.378 e. The van der Waals surface area contributed by atoms with Crippen molar-refractivity contribution in [3.8, 4) is 0 Å². The van der Waals surface area contributed by atoms with Crippen LogP contribution in [0.3, 0.4) is 0 Å². The molecule has 9 heteroatoms. The van der Waals surface area contributed by atoms with Crippen LogP contribution in [-0.2, 0) is 14.6 Å². The molecule has 0 unspecified atom stereocenters. The Bertz CT molecular complexity index is 1090. The van der Waals surface area contributed by atoms with Gasteiger partial charge in [0.1, 0.15) is 5.00 Å². The predicted octanol–water partition coefficient (Wildman–Crippen LogP) is 4.93. The van der Waals surface area contributed by atoms with Gasteiger partial charge in [-0.05, 0) is 43.3 Å². The van der Waals surface area contributed by atoms with Crippen LogP contribution < -0.4 is 4.90 Å². The average molecular weight is 467 g/mol. The molecule has 5 nitrogen and oxygen atoms in total. The van der Waals surface area contributed by atoms with E-state index in [1.807, 2.05) is 36.1 Å². The van der Waals surface area contributed by atoms with Crippen LogP contribution in [0.25, 0.3) is 0 Å². The fourth-order valence-electron chi connectivity index (χ4n) is 2.90. The third-order valence-corrected chi connectivity index (χ3v) is 8.71. The van der Waals surface area contributed by atoms with E-state index in [1.54, 1.807) is 24.3 Å². The van der Waals surface area contributed by atoms with E-state index >= 15 is 0 Å². The van der Waals surface area contributed by atoms with Gasteiger partial charge >= 0.3 is 0 Å². The van der Waals surface area contributed by atoms with Crippen molar-refractivity contribution in [3.63, 3.8) is 0 Å². The number of morpholine rings is 1. The largest absolute Gasteiger partial charge is 0.378 e. The summed E-state index contributed by atoms with van der Waals surface area (Å²) in [7, 11) is -3.73. The van der Waals surface area contributed by atoms with E-state index in [-0.39, 0.29) is 9.92 Å². The molecule has 0 spiro atoms. The first-order valence-electron chi connectivity index (χ1n) is 9.02. The van der Waals surface area contributed by atoms with Crippen molar-refractivity contribution in [3.05, 3.63) is 59.1 Å². The van der Waals surface area contributed by atoms with Gasteiger partial charge in [-0.1, -0.05) is 52.4 Å². The molecule has 1 aliphatic rings. The summed E-state index contributed by atoms with van der Waals surface area (Å²) in [6, 6.07) is 14.3. The summed E-state index contributed by atoms with van der Waals surface area (Å²) in [6.45, 7) is 4.36. The molecule has 152 valence electrons. The molecule has 2 heterocycles. The van der Waals surface area contributed by atoms with Gasteiger partial charge in [0.2, 0.25) is 9.84 Å². The van der Waals surface area contributed by atoms with Crippen LogP contribution >= 0.6 is 34.7 Å². The number of sulfone groups is 1. The monoisotopic (exact) mass is 466 g/mol. The highest BCUT2D eigenvalue weighted by Gasteiger charge is 2.30. The second-order valence-electron chi connectivity index (χ2n) is 6.56. The summed E-state index contributed by atoms with van der Waals surface area (Å²) in [6.07, 6.45) is 0. The van der Waals surface area contributed by atoms with Gasteiger partial charge in [-0.15, -0.1) is 0 Å². The van der Waals surface area contributed by atoms with Crippen LogP contribution in [0.15, 0.2) is 67.7 Å². The maximum Gasteiger partial charge on any atom is 0.226 e. The number of ether oxygens (including phenoxy) is 1. The van der Waals surface area contributed by atoms with Crippen molar-refractivity contribution in [2.45, 2.75) is 26.1 Å². The summed E-state index contributed by atoms with van der Waals surface area (Å²) in [4.78, 5) is 7.81. The molecule has 29 heavy (non-hydrogen) atoms. The van der Waals surface area contributed by atoms with E-state index in [1.165, 1.54) is 23.1 Å². The van der Waals surface area contributed by atoms with Crippen LogP contribution in [0.4, 0.5) is 5.00 Å². The first-order valence-corrected chi connectivity index (χ1v) is 12.5. The molecule has 0 saturated carbocycles. The van der Waals surface area contributed by atoms with E-state index in [0.29, 0.717) is 40.7 Å². The number of nitrogens with zero attached hydrogens (tertiary/aromatic N) is 2. The number of thiazole rings is 1. The Balaban J connectivity index is 1.75. The number of aryl methyl sites for hydroxylation is 1. The molecule has 0 amide bonds. The Morgan fingerprint density at radius 1 is 1.07 bits per heavy atom. The van der Waals surface area contributed by atoms with Gasteiger partial charge in [0, 0.05) is 23.0 Å². The molecule has 0 bridgehead atoms. The molecular weight excluding hydrogens is 448 g/mol. The van der Waals surface area contributed by atoms with Crippen LogP contribution in [0.2, 0.25) is 5.02 Å². The lowest BCUT2D eigenvalue weighted by Gasteiger charge is -2.27. The normalized spacial score (nSPS) is 14.9. The fraction of sp³-hybridized carbons (Fsp3) is 0.250. The summed E-state index contributed by atoms with van der Waals surface area (Å²) in [5, 5.41) is 1.44. The second kappa shape index (κ2) is 8.65. The number of hydrogen-bond acceptors (Lipinski definition) is 7. The molecule has 2 aromatic carbocycles. The zero-order chi connectivity index (χ0) is 20.4. The van der Waals surface area contributed by atoms with Crippen LogP contribution in [0.5, 0.6) is 0 Å². The lowest BCUT2D eigenvalue weighted by molar-refractivity contribution is 0.123. The summed E-state index contributed by atoms with van der Waals surface area (Å²) < 4.78 is 32.9. The highest BCUT2D eigenvalue weighted by atomic mass is 35.5. The molecule has 3 aromatic rings. The predicted molar refractivity (Wildman–Crippen MR) is 117 cm³/mol. The van der Waals surface area contributed by atoms with Gasteiger partial charge < -0.3 is 9.64 Å². The van der Waals surface area contributed by atoms with Gasteiger partial charge in [-0.3, -0.25) is 0 Å². The molecule has 0 N–H and O–H groups in total. The Morgan fingerprint density at radius 2 is 1.72 bits per heavy atom. The first-order chi connectivity index (χ1) is 13.9. The van der Waals surface area contributed by atoms with E-state index in [4.69, 9.17) is 16.3 Å². The quantitative estimate of drug-likeness (QED) is 0.531. The topological polar surface area (TPSA) is 59.5 Å². The number of rotatable bonds is 5. The zero-order valence-electron chi connectivity index (χ0n) is 15.7. The molecule has 0 aliphatic carbocycles. The maximum atomic E-state index is 13.4. The first kappa shape index (κ1) is 20.7. The molecule has 0 atom stereocenters. The highest BCUT2D eigenvalue weighted by molar-refractivity contribution is 8.01. The summed E-state index contributed by atoms with van der Waals surface area (Å²) in [5.41, 5.74) is 1.01. The minimum absolute atomic E-state index is 0.115. The van der Waals surface area contributed by atoms with E-state index < -0.39 is 9.84 Å². The van der Waals surface area contributed by atoms with Crippen molar-refractivity contribution < 1.29 is 13.2 Å². The SMILES string of the molecule is Cc1ccc(S(=O)(=O)c2nc(Sc3ccc(Cl)cc3)sc2N2CCOCC2)cc1. The van der Waals surface area contributed by atoms with E-state index in [2.05, 4.69) is 4.98 Å². The summed E-state index contributed by atoms with van der Waals surface area (Å²) in [5.74, 6) is 0. The van der Waals surface area contributed by atoms with Crippen molar-refractivity contribution in [2.24, 2.45) is 0 Å². The minimum atomic E-state index is -3.73. The van der Waals surface area contributed by atoms with Crippen molar-refractivity contribution in [2.75, 3.05) is 31.2 Å². The van der Waals surface area contributed by atoms with Gasteiger partial charge in [0.05, 0.1) is 18.1 Å². The highest BCUT2D eigenvalue weighted by Crippen LogP contribution is 2.41. The number of hydrogen-bond donors (Lipinski definition) is 0. The fourth-order valence-corrected chi connectivity index (χ4v) is 6.93. The zero-order valence-corrected chi connectivity index (χ0v) is 18.9. The smallest absolute Gasteiger partial charge is 0.226 e. The lowest BCUT2D eigenvalue weighted by Crippen LogP contribution is -2.36. The van der Waals surface area contributed by atoms with Crippen molar-refractivity contribution in [1.82, 2.24) is 4.98 Å². The summed E-state index contributed by atoms with van der Waals surface area (Å²) >= 11 is 8.80. The van der Waals surface area contributed by atoms with Crippen LogP contribution in [0.1, 0.15) is 5.56 Å². The molecular formula is C20H19ClN2O3S3. The van der Waals surface area contributed by atoms with Gasteiger partial charge in [0.15, 0.2) is 9.37 Å². The Morgan fingerprint density at radius 3 is 2.38 bits per heavy atom. The third kappa shape index (κ3) is 4.62. The van der Waals surface area contributed by atoms with Gasteiger partial charge in [-0.2, -0.15) is 0 Å². The standard InChI is InChI=1S/C20H19ClN2O3S3/c1-14-2-8-17(9-3-14)29(24,25)18-19(23-10-12-26-13-11-23)28-20(22-18)27-16-6-4-15(21)5-7-16/h2-9H,10-13H2,1H3. The van der Waals surface area contributed by atoms with E-state index in [9.17, 15) is 8.42 Å². The van der Waals surface area contributed by atoms with Crippen LogP contribution in [-0.4, -0.2) is 39.7 Å². The Hall–Kier alpha value is -1.58. The average Bonchev–Trinajstić information content (AvgIpc) is 3.15. The van der Waals surface area contributed by atoms with E-state index in [0.717, 1.165) is 10.5 Å². The van der Waals surface area contributed by atoms with Gasteiger partial charge in [0.25, 0.3) is 0 Å². The molecule has 0 radical (unpaired) electrons. The number of halogens is 1. The van der Waals surface area contributed by atoms with Crippen LogP contribution in [0, 0.1) is 6.92 Å². The Labute approximate surface area is 183 Å². The molecule has 1 saturated heterocycles. The van der Waals surface area contributed by atoms with Gasteiger partial charge in [-0.25, -0.2) is 13.4 Å². The molecule has 1 aromatic heterocycles. The molecule has 1 fully saturated rings. The van der Waals surface area contributed by atoms with Crippen molar-refractivity contribution in [1.29, 1.82) is 0 Å². The van der Waals surface area contributed by atoms with Crippen molar-refractivity contribution >= 4 is 49.5 Å². The molecule has 4 rings (SSSR count). The molecule has 1 aliphatic heterocycles. The second-order valence-corrected chi connectivity index (χ2v) is 11.2. The number of anilines is 1. The number of benzene rings is 2. The maximum absolute atomic E-state index is 13.4. The Kier molecular flexibility index (Phi) is 6.17.